The number of hydrogen-bond donors (Lipinski definition) is 1. The molecule has 1 aromatic carbocycles. The van der Waals surface area contributed by atoms with Gasteiger partial charge in [0.15, 0.2) is 0 Å². The van der Waals surface area contributed by atoms with Gasteiger partial charge in [0.25, 0.3) is 0 Å². The van der Waals surface area contributed by atoms with E-state index in [1.807, 2.05) is 0 Å². The molecule has 5 heteroatoms. The summed E-state index contributed by atoms with van der Waals surface area (Å²) in [6, 6.07) is 4.97. The molecule has 1 unspecified atom stereocenters. The number of carbonyl (C=O) groups is 1. The zero-order valence-corrected chi connectivity index (χ0v) is 6.71. The molecule has 0 saturated heterocycles. The Bertz CT molecular complexity index is 284. The van der Waals surface area contributed by atoms with Gasteiger partial charge in [0.1, 0.15) is 0 Å². The number of carboxylic acid groups (broad SMARTS) is 1. The molecule has 0 amide bonds. The second-order valence-corrected chi connectivity index (χ2v) is 3.01. The molecular weight excluding hydrogens is 180 g/mol. The number of hydrogen-bond acceptors (Lipinski definition) is 3. The Morgan fingerprint density at radius 2 is 1.83 bits per heavy atom. The van der Waals surface area contributed by atoms with Crippen LogP contribution in [0.3, 0.4) is 0 Å². The van der Waals surface area contributed by atoms with Crippen LogP contribution in [0.1, 0.15) is 10.4 Å². The van der Waals surface area contributed by atoms with Gasteiger partial charge in [0.05, 0.1) is 5.56 Å². The molecule has 0 aliphatic rings. The summed E-state index contributed by atoms with van der Waals surface area (Å²) >= 11 is -2.29. The molecule has 0 bridgehead atoms. The minimum Gasteiger partial charge on any atom is -0.768 e. The third kappa shape index (κ3) is 1.90. The van der Waals surface area contributed by atoms with Crippen LogP contribution in [0.5, 0.6) is 0 Å². The minimum atomic E-state index is -2.29. The highest BCUT2D eigenvalue weighted by molar-refractivity contribution is 7.79. The molecule has 0 radical (unpaired) electrons. The van der Waals surface area contributed by atoms with Crippen molar-refractivity contribution < 1.29 is 18.7 Å². The molecule has 1 aromatic rings. The average Bonchev–Trinajstić information content (AvgIpc) is 2.04. The van der Waals surface area contributed by atoms with Gasteiger partial charge in [-0.15, -0.1) is 0 Å². The van der Waals surface area contributed by atoms with Crippen LogP contribution in [-0.4, -0.2) is 19.8 Å². The fourth-order valence-corrected chi connectivity index (χ4v) is 1.07. The molecule has 12 heavy (non-hydrogen) atoms. The summed E-state index contributed by atoms with van der Waals surface area (Å²) < 4.78 is 20.7. The summed E-state index contributed by atoms with van der Waals surface area (Å²) in [6.45, 7) is 0. The highest BCUT2D eigenvalue weighted by Crippen LogP contribution is 2.06. The standard InChI is InChI=1S/C7H6O4S/c8-7(9)5-1-3-6(4-2-5)12(10)11/h1-4H,(H,8,9)(H,10,11)/p-1. The van der Waals surface area contributed by atoms with Crippen molar-refractivity contribution in [3.05, 3.63) is 29.8 Å². The molecular formula is C7H5O4S-. The van der Waals surface area contributed by atoms with Crippen molar-refractivity contribution in [1.29, 1.82) is 0 Å². The van der Waals surface area contributed by atoms with E-state index in [0.29, 0.717) is 0 Å². The largest absolute Gasteiger partial charge is 0.768 e. The minimum absolute atomic E-state index is 0.0733. The molecule has 0 heterocycles. The van der Waals surface area contributed by atoms with Crippen molar-refractivity contribution in [3.63, 3.8) is 0 Å². The van der Waals surface area contributed by atoms with Crippen molar-refractivity contribution in [3.8, 4) is 0 Å². The van der Waals surface area contributed by atoms with Gasteiger partial charge >= 0.3 is 5.97 Å². The molecule has 4 nitrogen and oxygen atoms in total. The van der Waals surface area contributed by atoms with Crippen LogP contribution < -0.4 is 0 Å². The van der Waals surface area contributed by atoms with Crippen LogP contribution in [0.2, 0.25) is 0 Å². The molecule has 0 fully saturated rings. The summed E-state index contributed by atoms with van der Waals surface area (Å²) in [5.74, 6) is -1.07. The topological polar surface area (TPSA) is 77.4 Å². The van der Waals surface area contributed by atoms with E-state index in [0.717, 1.165) is 0 Å². The van der Waals surface area contributed by atoms with Gasteiger partial charge in [-0.05, 0) is 35.3 Å². The lowest BCUT2D eigenvalue weighted by Gasteiger charge is -2.03. The number of rotatable bonds is 2. The SMILES string of the molecule is O=C(O)c1ccc(S(=O)[O-])cc1. The Morgan fingerprint density at radius 1 is 1.33 bits per heavy atom. The second kappa shape index (κ2) is 3.46. The summed E-state index contributed by atoms with van der Waals surface area (Å²) in [4.78, 5) is 10.4. The van der Waals surface area contributed by atoms with Gasteiger partial charge in [-0.2, -0.15) is 0 Å². The van der Waals surface area contributed by atoms with Gasteiger partial charge in [-0.1, -0.05) is 0 Å². The summed E-state index contributed by atoms with van der Waals surface area (Å²) in [5, 5.41) is 8.46. The molecule has 1 rings (SSSR count). The predicted molar refractivity (Wildman–Crippen MR) is 40.6 cm³/mol. The van der Waals surface area contributed by atoms with Crippen LogP contribution >= 0.6 is 0 Å². The van der Waals surface area contributed by atoms with E-state index in [-0.39, 0.29) is 10.5 Å². The molecule has 0 aliphatic heterocycles. The zero-order valence-electron chi connectivity index (χ0n) is 5.89. The molecule has 0 saturated carbocycles. The lowest BCUT2D eigenvalue weighted by Crippen LogP contribution is -1.96. The van der Waals surface area contributed by atoms with E-state index in [1.165, 1.54) is 24.3 Å². The van der Waals surface area contributed by atoms with Crippen LogP contribution in [0.25, 0.3) is 0 Å². The van der Waals surface area contributed by atoms with Gasteiger partial charge in [-0.25, -0.2) is 4.79 Å². The van der Waals surface area contributed by atoms with E-state index in [4.69, 9.17) is 5.11 Å². The molecule has 0 spiro atoms. The Hall–Kier alpha value is -1.20. The zero-order chi connectivity index (χ0) is 9.14. The van der Waals surface area contributed by atoms with Crippen molar-refractivity contribution in [2.24, 2.45) is 0 Å². The van der Waals surface area contributed by atoms with Gasteiger partial charge in [0.2, 0.25) is 0 Å². The second-order valence-electron chi connectivity index (χ2n) is 2.06. The predicted octanol–water partition coefficient (Wildman–Crippen LogP) is 0.623. The first-order chi connectivity index (χ1) is 5.61. The first-order valence-electron chi connectivity index (χ1n) is 3.04. The molecule has 1 atom stereocenters. The Kier molecular flexibility index (Phi) is 2.57. The van der Waals surface area contributed by atoms with Gasteiger partial charge in [-0.3, -0.25) is 4.21 Å². The van der Waals surface area contributed by atoms with E-state index >= 15 is 0 Å². The molecule has 0 aliphatic carbocycles. The van der Waals surface area contributed by atoms with Crippen LogP contribution in [-0.2, 0) is 11.1 Å². The number of carboxylic acids is 1. The van der Waals surface area contributed by atoms with Crippen LogP contribution in [0, 0.1) is 0 Å². The number of benzene rings is 1. The smallest absolute Gasteiger partial charge is 0.335 e. The van der Waals surface area contributed by atoms with E-state index < -0.39 is 17.0 Å². The maximum absolute atomic E-state index is 10.3. The fourth-order valence-electron chi connectivity index (χ4n) is 0.709. The molecule has 64 valence electrons. The Labute approximate surface area is 71.1 Å². The van der Waals surface area contributed by atoms with Crippen molar-refractivity contribution in [1.82, 2.24) is 0 Å². The highest BCUT2D eigenvalue weighted by Gasteiger charge is 2.00. The number of aromatic carboxylic acids is 1. The summed E-state index contributed by atoms with van der Waals surface area (Å²) in [7, 11) is 0. The first-order valence-corrected chi connectivity index (χ1v) is 4.11. The summed E-state index contributed by atoms with van der Waals surface area (Å²) in [6.07, 6.45) is 0. The third-order valence-electron chi connectivity index (χ3n) is 1.29. The van der Waals surface area contributed by atoms with Crippen LogP contribution in [0.4, 0.5) is 0 Å². The highest BCUT2D eigenvalue weighted by atomic mass is 32.2. The average molecular weight is 185 g/mol. The molecule has 0 aromatic heterocycles. The van der Waals surface area contributed by atoms with Gasteiger partial charge in [0, 0.05) is 4.90 Å². The molecule has 1 N–H and O–H groups in total. The fraction of sp³-hybridized carbons (Fsp3) is 0. The van der Waals surface area contributed by atoms with Crippen molar-refractivity contribution in [2.75, 3.05) is 0 Å². The summed E-state index contributed by atoms with van der Waals surface area (Å²) in [5.41, 5.74) is 0.0733. The third-order valence-corrected chi connectivity index (χ3v) is 1.95. The first kappa shape index (κ1) is 8.89. The van der Waals surface area contributed by atoms with E-state index in [2.05, 4.69) is 0 Å². The van der Waals surface area contributed by atoms with Crippen LogP contribution in [0.15, 0.2) is 29.2 Å². The monoisotopic (exact) mass is 185 g/mol. The lowest BCUT2D eigenvalue weighted by atomic mass is 10.2. The normalized spacial score (nSPS) is 12.4. The maximum Gasteiger partial charge on any atom is 0.335 e. The van der Waals surface area contributed by atoms with E-state index in [9.17, 15) is 13.6 Å². The quantitative estimate of drug-likeness (QED) is 0.685. The van der Waals surface area contributed by atoms with Crippen molar-refractivity contribution >= 4 is 17.0 Å². The Balaban J connectivity index is 3.01. The maximum atomic E-state index is 10.3. The van der Waals surface area contributed by atoms with Gasteiger partial charge < -0.3 is 9.66 Å². The van der Waals surface area contributed by atoms with Crippen molar-refractivity contribution in [2.45, 2.75) is 4.90 Å². The lowest BCUT2D eigenvalue weighted by molar-refractivity contribution is 0.0697. The Morgan fingerprint density at radius 3 is 2.17 bits per heavy atom. The van der Waals surface area contributed by atoms with E-state index in [1.54, 1.807) is 0 Å².